The van der Waals surface area contributed by atoms with Crippen LogP contribution in [0.15, 0.2) is 53.1 Å². The zero-order valence-electron chi connectivity index (χ0n) is 15.5. The standard InChI is InChI=1S/C22H31NO2/c1-22(2)16-20(11-14-25-22)19(15-18-7-4-3-5-8-18)10-12-23-17-21-9-6-13-24-21/h3-9,13,19-20,23H,10-12,14-17H2,1-2H3/t19-,20+/m1/s1. The molecular formula is C22H31NO2. The molecule has 2 aromatic rings. The number of ether oxygens (including phenoxy) is 1. The minimum Gasteiger partial charge on any atom is -0.468 e. The van der Waals surface area contributed by atoms with Crippen LogP contribution in [0.4, 0.5) is 0 Å². The molecule has 0 amide bonds. The van der Waals surface area contributed by atoms with Gasteiger partial charge in [0.1, 0.15) is 5.76 Å². The Hall–Kier alpha value is -1.58. The molecule has 0 unspecified atom stereocenters. The van der Waals surface area contributed by atoms with Crippen LogP contribution in [0.3, 0.4) is 0 Å². The van der Waals surface area contributed by atoms with Gasteiger partial charge in [-0.3, -0.25) is 0 Å². The molecule has 25 heavy (non-hydrogen) atoms. The molecule has 1 saturated heterocycles. The van der Waals surface area contributed by atoms with E-state index in [1.807, 2.05) is 12.1 Å². The van der Waals surface area contributed by atoms with E-state index in [1.54, 1.807) is 6.26 Å². The van der Waals surface area contributed by atoms with Gasteiger partial charge in [-0.2, -0.15) is 0 Å². The van der Waals surface area contributed by atoms with Crippen molar-refractivity contribution in [2.45, 2.75) is 51.7 Å². The fourth-order valence-corrected chi connectivity index (χ4v) is 4.01. The maximum absolute atomic E-state index is 5.94. The van der Waals surface area contributed by atoms with Crippen molar-refractivity contribution >= 4 is 0 Å². The van der Waals surface area contributed by atoms with E-state index in [4.69, 9.17) is 9.15 Å². The summed E-state index contributed by atoms with van der Waals surface area (Å²) in [7, 11) is 0. The lowest BCUT2D eigenvalue weighted by Gasteiger charge is -2.39. The van der Waals surface area contributed by atoms with Gasteiger partial charge in [-0.1, -0.05) is 30.3 Å². The summed E-state index contributed by atoms with van der Waals surface area (Å²) in [6, 6.07) is 14.9. The number of hydrogen-bond acceptors (Lipinski definition) is 3. The monoisotopic (exact) mass is 341 g/mol. The van der Waals surface area contributed by atoms with Crippen LogP contribution in [0.1, 0.15) is 44.4 Å². The summed E-state index contributed by atoms with van der Waals surface area (Å²) in [4.78, 5) is 0. The van der Waals surface area contributed by atoms with Crippen LogP contribution >= 0.6 is 0 Å². The van der Waals surface area contributed by atoms with Crippen molar-refractivity contribution in [1.82, 2.24) is 5.32 Å². The minimum absolute atomic E-state index is 0.0133. The zero-order chi connectivity index (χ0) is 17.5. The van der Waals surface area contributed by atoms with Crippen molar-refractivity contribution in [3.8, 4) is 0 Å². The maximum Gasteiger partial charge on any atom is 0.117 e. The summed E-state index contributed by atoms with van der Waals surface area (Å²) in [6.07, 6.45) is 6.42. The highest BCUT2D eigenvalue weighted by Gasteiger charge is 2.33. The number of furan rings is 1. The molecule has 1 fully saturated rings. The number of nitrogens with one attached hydrogen (secondary N) is 1. The summed E-state index contributed by atoms with van der Waals surface area (Å²) in [5.74, 6) is 2.43. The van der Waals surface area contributed by atoms with Gasteiger partial charge in [-0.05, 0) is 75.6 Å². The molecule has 1 aliphatic rings. The first kappa shape index (κ1) is 18.2. The molecule has 3 rings (SSSR count). The van der Waals surface area contributed by atoms with Crippen molar-refractivity contribution in [3.63, 3.8) is 0 Å². The van der Waals surface area contributed by atoms with Crippen LogP contribution in [0.2, 0.25) is 0 Å². The summed E-state index contributed by atoms with van der Waals surface area (Å²) < 4.78 is 11.3. The molecule has 1 aromatic carbocycles. The molecule has 3 heteroatoms. The van der Waals surface area contributed by atoms with Crippen molar-refractivity contribution in [3.05, 3.63) is 60.1 Å². The quantitative estimate of drug-likeness (QED) is 0.699. The molecule has 0 saturated carbocycles. The topological polar surface area (TPSA) is 34.4 Å². The van der Waals surface area contributed by atoms with E-state index in [0.717, 1.165) is 44.2 Å². The van der Waals surface area contributed by atoms with E-state index in [2.05, 4.69) is 49.5 Å². The molecule has 0 radical (unpaired) electrons. The third-order valence-electron chi connectivity index (χ3n) is 5.31. The molecule has 0 bridgehead atoms. The van der Waals surface area contributed by atoms with Gasteiger partial charge in [0.05, 0.1) is 18.4 Å². The number of hydrogen-bond donors (Lipinski definition) is 1. The third-order valence-corrected chi connectivity index (χ3v) is 5.31. The molecular weight excluding hydrogens is 310 g/mol. The lowest BCUT2D eigenvalue weighted by molar-refractivity contribution is -0.0830. The Labute approximate surface area is 151 Å². The number of rotatable bonds is 8. The van der Waals surface area contributed by atoms with Crippen molar-refractivity contribution < 1.29 is 9.15 Å². The average Bonchev–Trinajstić information content (AvgIpc) is 3.11. The predicted molar refractivity (Wildman–Crippen MR) is 101 cm³/mol. The van der Waals surface area contributed by atoms with Crippen molar-refractivity contribution in [2.75, 3.05) is 13.2 Å². The zero-order valence-corrected chi connectivity index (χ0v) is 15.5. The summed E-state index contributed by atoms with van der Waals surface area (Å²) >= 11 is 0. The summed E-state index contributed by atoms with van der Waals surface area (Å²) in [5.41, 5.74) is 1.46. The Bertz CT molecular complexity index is 606. The third kappa shape index (κ3) is 5.72. The smallest absolute Gasteiger partial charge is 0.117 e. The Morgan fingerprint density at radius 3 is 2.72 bits per heavy atom. The van der Waals surface area contributed by atoms with Crippen LogP contribution in [-0.4, -0.2) is 18.8 Å². The van der Waals surface area contributed by atoms with E-state index < -0.39 is 0 Å². The second-order valence-corrected chi connectivity index (χ2v) is 7.86. The van der Waals surface area contributed by atoms with Crippen LogP contribution in [0.5, 0.6) is 0 Å². The van der Waals surface area contributed by atoms with Gasteiger partial charge in [0, 0.05) is 6.61 Å². The van der Waals surface area contributed by atoms with Gasteiger partial charge in [0.15, 0.2) is 0 Å². The second-order valence-electron chi connectivity index (χ2n) is 7.86. The lowest BCUT2D eigenvalue weighted by Crippen LogP contribution is -2.38. The predicted octanol–water partition coefficient (Wildman–Crippen LogP) is 4.82. The Morgan fingerprint density at radius 1 is 1.16 bits per heavy atom. The van der Waals surface area contributed by atoms with Crippen molar-refractivity contribution in [1.29, 1.82) is 0 Å². The second kappa shape index (κ2) is 8.68. The van der Waals surface area contributed by atoms with Crippen LogP contribution in [0.25, 0.3) is 0 Å². The maximum atomic E-state index is 5.94. The van der Waals surface area contributed by atoms with E-state index in [-0.39, 0.29) is 5.60 Å². The highest BCUT2D eigenvalue weighted by molar-refractivity contribution is 5.15. The van der Waals surface area contributed by atoms with Gasteiger partial charge in [-0.15, -0.1) is 0 Å². The fraction of sp³-hybridized carbons (Fsp3) is 0.545. The average molecular weight is 341 g/mol. The largest absolute Gasteiger partial charge is 0.468 e. The van der Waals surface area contributed by atoms with Gasteiger partial charge in [0.25, 0.3) is 0 Å². The highest BCUT2D eigenvalue weighted by atomic mass is 16.5. The van der Waals surface area contributed by atoms with Gasteiger partial charge < -0.3 is 14.5 Å². The summed E-state index contributed by atoms with van der Waals surface area (Å²) in [5, 5.41) is 3.54. The lowest BCUT2D eigenvalue weighted by atomic mass is 9.76. The first-order valence-corrected chi connectivity index (χ1v) is 9.53. The van der Waals surface area contributed by atoms with Crippen LogP contribution in [0, 0.1) is 11.8 Å². The van der Waals surface area contributed by atoms with Crippen molar-refractivity contribution in [2.24, 2.45) is 11.8 Å². The molecule has 1 N–H and O–H groups in total. The SMILES string of the molecule is CC1(C)C[C@@H]([C@H](CCNCc2ccco2)Cc2ccccc2)CCO1. The molecule has 1 aliphatic heterocycles. The van der Waals surface area contributed by atoms with Gasteiger partial charge in [-0.25, -0.2) is 0 Å². The molecule has 3 nitrogen and oxygen atoms in total. The van der Waals surface area contributed by atoms with Gasteiger partial charge >= 0.3 is 0 Å². The molecule has 2 atom stereocenters. The molecule has 0 aliphatic carbocycles. The Morgan fingerprint density at radius 2 is 2.00 bits per heavy atom. The van der Waals surface area contributed by atoms with E-state index in [0.29, 0.717) is 5.92 Å². The Kier molecular flexibility index (Phi) is 6.33. The minimum atomic E-state index is 0.0133. The molecule has 1 aromatic heterocycles. The Balaban J connectivity index is 1.57. The van der Waals surface area contributed by atoms with Crippen LogP contribution < -0.4 is 5.32 Å². The van der Waals surface area contributed by atoms with E-state index >= 15 is 0 Å². The first-order valence-electron chi connectivity index (χ1n) is 9.53. The van der Waals surface area contributed by atoms with Gasteiger partial charge in [0.2, 0.25) is 0 Å². The number of benzene rings is 1. The molecule has 2 heterocycles. The fourth-order valence-electron chi connectivity index (χ4n) is 4.01. The first-order chi connectivity index (χ1) is 12.1. The van der Waals surface area contributed by atoms with E-state index in [1.165, 1.54) is 18.4 Å². The normalized spacial score (nSPS) is 21.1. The molecule has 0 spiro atoms. The molecule has 136 valence electrons. The van der Waals surface area contributed by atoms with E-state index in [9.17, 15) is 0 Å². The highest BCUT2D eigenvalue weighted by Crippen LogP contribution is 2.36. The van der Waals surface area contributed by atoms with Crippen LogP contribution in [-0.2, 0) is 17.7 Å². The summed E-state index contributed by atoms with van der Waals surface area (Å²) in [6.45, 7) is 7.19.